The molecule has 4 nitrogen and oxygen atoms in total. The molecule has 18 heavy (non-hydrogen) atoms. The summed E-state index contributed by atoms with van der Waals surface area (Å²) in [6.07, 6.45) is 2.03. The molecule has 0 saturated carbocycles. The third-order valence-corrected chi connectivity index (χ3v) is 3.06. The Morgan fingerprint density at radius 1 is 1.28 bits per heavy atom. The highest BCUT2D eigenvalue weighted by atomic mass is 16.6. The number of nitrogens with zero attached hydrogens (tertiary/aromatic N) is 1. The Bertz CT molecular complexity index is 374. The Morgan fingerprint density at radius 3 is 2.33 bits per heavy atom. The minimum absolute atomic E-state index is 0.154. The lowest BCUT2D eigenvalue weighted by Gasteiger charge is -2.22. The average molecular weight is 250 g/mol. The van der Waals surface area contributed by atoms with Crippen molar-refractivity contribution in [1.82, 2.24) is 5.32 Å². The summed E-state index contributed by atoms with van der Waals surface area (Å²) in [4.78, 5) is 10.2. The summed E-state index contributed by atoms with van der Waals surface area (Å²) in [5, 5.41) is 14.1. The number of nitro benzene ring substituents is 1. The van der Waals surface area contributed by atoms with Gasteiger partial charge in [0.1, 0.15) is 0 Å². The predicted molar refractivity (Wildman–Crippen MR) is 73.7 cm³/mol. The van der Waals surface area contributed by atoms with Gasteiger partial charge in [-0.25, -0.2) is 0 Å². The molecule has 1 N–H and O–H groups in total. The minimum Gasteiger partial charge on any atom is -0.313 e. The second kappa shape index (κ2) is 7.11. The molecule has 1 aromatic rings. The van der Waals surface area contributed by atoms with Crippen LogP contribution in [0.5, 0.6) is 0 Å². The van der Waals surface area contributed by atoms with Crippen LogP contribution in [0.3, 0.4) is 0 Å². The van der Waals surface area contributed by atoms with Gasteiger partial charge >= 0.3 is 0 Å². The van der Waals surface area contributed by atoms with E-state index in [1.165, 1.54) is 0 Å². The van der Waals surface area contributed by atoms with Crippen molar-refractivity contribution in [3.63, 3.8) is 0 Å². The summed E-state index contributed by atoms with van der Waals surface area (Å²) < 4.78 is 0. The Hall–Kier alpha value is -1.42. The van der Waals surface area contributed by atoms with E-state index >= 15 is 0 Å². The molecule has 0 fully saturated rings. The van der Waals surface area contributed by atoms with Crippen LogP contribution in [0.2, 0.25) is 0 Å². The lowest BCUT2D eigenvalue weighted by atomic mass is 9.96. The van der Waals surface area contributed by atoms with Crippen molar-refractivity contribution in [3.05, 3.63) is 39.9 Å². The third-order valence-electron chi connectivity index (χ3n) is 3.06. The molecule has 0 heterocycles. The molecule has 1 atom stereocenters. The minimum atomic E-state index is -0.362. The van der Waals surface area contributed by atoms with Gasteiger partial charge in [-0.05, 0) is 30.9 Å². The Morgan fingerprint density at radius 2 is 1.89 bits per heavy atom. The second-order valence-corrected chi connectivity index (χ2v) is 4.93. The molecule has 1 rings (SSSR count). The summed E-state index contributed by atoms with van der Waals surface area (Å²) in [5.74, 6) is 0.548. The highest BCUT2D eigenvalue weighted by molar-refractivity contribution is 5.33. The maximum Gasteiger partial charge on any atom is 0.269 e. The second-order valence-electron chi connectivity index (χ2n) is 4.93. The standard InChI is InChI=1S/C14H22N2O2/c1-4-9-15-14(11(2)3)10-12-5-7-13(8-6-12)16(17)18/h5-8,11,14-15H,4,9-10H2,1-3H3. The van der Waals surface area contributed by atoms with Gasteiger partial charge in [-0.2, -0.15) is 0 Å². The van der Waals surface area contributed by atoms with E-state index in [1.807, 2.05) is 12.1 Å². The van der Waals surface area contributed by atoms with Crippen molar-refractivity contribution in [3.8, 4) is 0 Å². The molecule has 0 amide bonds. The van der Waals surface area contributed by atoms with Gasteiger partial charge in [-0.15, -0.1) is 0 Å². The van der Waals surface area contributed by atoms with E-state index < -0.39 is 0 Å². The lowest BCUT2D eigenvalue weighted by molar-refractivity contribution is -0.384. The van der Waals surface area contributed by atoms with Gasteiger partial charge in [0, 0.05) is 18.2 Å². The van der Waals surface area contributed by atoms with Crippen LogP contribution in [-0.2, 0) is 6.42 Å². The maximum absolute atomic E-state index is 10.6. The van der Waals surface area contributed by atoms with Gasteiger partial charge in [-0.3, -0.25) is 10.1 Å². The number of non-ortho nitro benzene ring substituents is 1. The smallest absolute Gasteiger partial charge is 0.269 e. The maximum atomic E-state index is 10.6. The largest absolute Gasteiger partial charge is 0.313 e. The Kier molecular flexibility index (Phi) is 5.78. The predicted octanol–water partition coefficient (Wildman–Crippen LogP) is 3.16. The molecule has 100 valence electrons. The van der Waals surface area contributed by atoms with Crippen molar-refractivity contribution in [2.45, 2.75) is 39.7 Å². The highest BCUT2D eigenvalue weighted by Crippen LogP contribution is 2.15. The number of nitro groups is 1. The van der Waals surface area contributed by atoms with Crippen LogP contribution in [0.4, 0.5) is 5.69 Å². The van der Waals surface area contributed by atoms with Crippen LogP contribution >= 0.6 is 0 Å². The first-order chi connectivity index (χ1) is 8.54. The normalized spacial score (nSPS) is 12.7. The average Bonchev–Trinajstić information content (AvgIpc) is 2.34. The van der Waals surface area contributed by atoms with Crippen molar-refractivity contribution in [1.29, 1.82) is 0 Å². The zero-order chi connectivity index (χ0) is 13.5. The molecule has 0 saturated heterocycles. The molecule has 0 aliphatic carbocycles. The van der Waals surface area contributed by atoms with Crippen LogP contribution < -0.4 is 5.32 Å². The van der Waals surface area contributed by atoms with Crippen LogP contribution in [0, 0.1) is 16.0 Å². The molecular formula is C14H22N2O2. The first-order valence-corrected chi connectivity index (χ1v) is 6.51. The number of rotatable bonds is 7. The van der Waals surface area contributed by atoms with Crippen molar-refractivity contribution in [2.24, 2.45) is 5.92 Å². The van der Waals surface area contributed by atoms with E-state index in [9.17, 15) is 10.1 Å². The molecule has 0 aliphatic rings. The van der Waals surface area contributed by atoms with Gasteiger partial charge in [0.15, 0.2) is 0 Å². The summed E-state index contributed by atoms with van der Waals surface area (Å²) >= 11 is 0. The van der Waals surface area contributed by atoms with E-state index in [1.54, 1.807) is 12.1 Å². The number of benzene rings is 1. The fourth-order valence-corrected chi connectivity index (χ4v) is 1.88. The molecule has 0 bridgehead atoms. The number of hydrogen-bond donors (Lipinski definition) is 1. The third kappa shape index (κ3) is 4.45. The van der Waals surface area contributed by atoms with E-state index in [0.717, 1.165) is 24.9 Å². The van der Waals surface area contributed by atoms with E-state index in [0.29, 0.717) is 12.0 Å². The summed E-state index contributed by atoms with van der Waals surface area (Å²) in [6.45, 7) is 7.55. The van der Waals surface area contributed by atoms with E-state index in [-0.39, 0.29) is 10.6 Å². The van der Waals surface area contributed by atoms with Crippen LogP contribution in [0.15, 0.2) is 24.3 Å². The van der Waals surface area contributed by atoms with Crippen molar-refractivity contribution in [2.75, 3.05) is 6.54 Å². The van der Waals surface area contributed by atoms with Gasteiger partial charge in [0.2, 0.25) is 0 Å². The molecule has 0 spiro atoms. The Balaban J connectivity index is 2.65. The molecule has 1 unspecified atom stereocenters. The Labute approximate surface area is 109 Å². The zero-order valence-corrected chi connectivity index (χ0v) is 11.3. The topological polar surface area (TPSA) is 55.2 Å². The summed E-state index contributed by atoms with van der Waals surface area (Å²) in [6, 6.07) is 7.27. The SMILES string of the molecule is CCCNC(Cc1ccc([N+](=O)[O-])cc1)C(C)C. The molecular weight excluding hydrogens is 228 g/mol. The van der Waals surface area contributed by atoms with Crippen LogP contribution in [0.1, 0.15) is 32.8 Å². The van der Waals surface area contributed by atoms with Gasteiger partial charge in [0.05, 0.1) is 4.92 Å². The number of hydrogen-bond acceptors (Lipinski definition) is 3. The van der Waals surface area contributed by atoms with Gasteiger partial charge in [-0.1, -0.05) is 32.9 Å². The van der Waals surface area contributed by atoms with E-state index in [4.69, 9.17) is 0 Å². The first kappa shape index (κ1) is 14.6. The molecule has 0 aliphatic heterocycles. The zero-order valence-electron chi connectivity index (χ0n) is 11.3. The van der Waals surface area contributed by atoms with Crippen LogP contribution in [0.25, 0.3) is 0 Å². The fourth-order valence-electron chi connectivity index (χ4n) is 1.88. The lowest BCUT2D eigenvalue weighted by Crippen LogP contribution is -2.36. The number of nitrogens with one attached hydrogen (secondary N) is 1. The molecule has 0 aromatic heterocycles. The highest BCUT2D eigenvalue weighted by Gasteiger charge is 2.13. The fraction of sp³-hybridized carbons (Fsp3) is 0.571. The molecule has 0 radical (unpaired) electrons. The molecule has 4 heteroatoms. The summed E-state index contributed by atoms with van der Waals surface area (Å²) in [7, 11) is 0. The summed E-state index contributed by atoms with van der Waals surface area (Å²) in [5.41, 5.74) is 1.30. The molecule has 1 aromatic carbocycles. The van der Waals surface area contributed by atoms with Gasteiger partial charge in [0.25, 0.3) is 5.69 Å². The monoisotopic (exact) mass is 250 g/mol. The first-order valence-electron chi connectivity index (χ1n) is 6.51. The van der Waals surface area contributed by atoms with Gasteiger partial charge < -0.3 is 5.32 Å². The van der Waals surface area contributed by atoms with Crippen molar-refractivity contribution < 1.29 is 4.92 Å². The van der Waals surface area contributed by atoms with Crippen molar-refractivity contribution >= 4 is 5.69 Å². The van der Waals surface area contributed by atoms with E-state index in [2.05, 4.69) is 26.1 Å². The van der Waals surface area contributed by atoms with Crippen LogP contribution in [-0.4, -0.2) is 17.5 Å². The quantitative estimate of drug-likeness (QED) is 0.597.